The Hall–Kier alpha value is -0.980. The van der Waals surface area contributed by atoms with Crippen molar-refractivity contribution in [2.45, 2.75) is 39.4 Å². The molecular weight excluding hydrogens is 286 g/mol. The van der Waals surface area contributed by atoms with Crippen LogP contribution < -0.4 is 5.32 Å². The van der Waals surface area contributed by atoms with Gasteiger partial charge in [-0.25, -0.2) is 8.42 Å². The van der Waals surface area contributed by atoms with E-state index in [0.29, 0.717) is 13.1 Å². The Balaban J connectivity index is 2.56. The lowest BCUT2D eigenvalue weighted by molar-refractivity contribution is 0.341. The molecule has 0 saturated heterocycles. The van der Waals surface area contributed by atoms with Crippen LogP contribution in [0.15, 0.2) is 18.2 Å². The minimum absolute atomic E-state index is 0.0595. The van der Waals surface area contributed by atoms with Crippen LogP contribution in [0.1, 0.15) is 32.2 Å². The molecule has 0 aliphatic heterocycles. The summed E-state index contributed by atoms with van der Waals surface area (Å²) in [5, 5.41) is 3.41. The third-order valence-electron chi connectivity index (χ3n) is 2.94. The first-order chi connectivity index (χ1) is 9.55. The Kier molecular flexibility index (Phi) is 6.31. The molecule has 5 nitrogen and oxygen atoms in total. The van der Waals surface area contributed by atoms with Crippen molar-refractivity contribution in [3.8, 4) is 0 Å². The molecule has 1 aromatic rings. The number of pyridine rings is 1. The van der Waals surface area contributed by atoms with E-state index >= 15 is 0 Å². The van der Waals surface area contributed by atoms with Gasteiger partial charge < -0.3 is 5.32 Å². The number of aromatic nitrogens is 1. The zero-order valence-electron chi connectivity index (χ0n) is 13.7. The molecule has 1 aromatic heterocycles. The van der Waals surface area contributed by atoms with Crippen LogP contribution in [0.3, 0.4) is 0 Å². The summed E-state index contributed by atoms with van der Waals surface area (Å²) in [4.78, 5) is 6.58. The average molecular weight is 313 g/mol. The van der Waals surface area contributed by atoms with E-state index in [1.165, 1.54) is 6.26 Å². The van der Waals surface area contributed by atoms with Crippen LogP contribution in [-0.2, 0) is 22.9 Å². The maximum Gasteiger partial charge on any atom is 0.148 e. The average Bonchev–Trinajstić information content (AvgIpc) is 2.33. The lowest BCUT2D eigenvalue weighted by Gasteiger charge is -2.20. The largest absolute Gasteiger partial charge is 0.306 e. The molecule has 0 fully saturated rings. The first-order valence-corrected chi connectivity index (χ1v) is 9.17. The molecule has 1 rings (SSSR count). The maximum atomic E-state index is 11.2. The molecule has 0 aromatic carbocycles. The Morgan fingerprint density at radius 2 is 1.86 bits per heavy atom. The van der Waals surface area contributed by atoms with E-state index in [1.54, 1.807) is 0 Å². The zero-order valence-corrected chi connectivity index (χ0v) is 14.5. The topological polar surface area (TPSA) is 62.3 Å². The predicted molar refractivity (Wildman–Crippen MR) is 86.9 cm³/mol. The normalized spacial score (nSPS) is 12.9. The van der Waals surface area contributed by atoms with Crippen molar-refractivity contribution < 1.29 is 8.42 Å². The second kappa shape index (κ2) is 7.33. The summed E-state index contributed by atoms with van der Waals surface area (Å²) in [7, 11) is -1.01. The molecule has 0 spiro atoms. The maximum absolute atomic E-state index is 11.2. The molecule has 0 bridgehead atoms. The molecule has 21 heavy (non-hydrogen) atoms. The molecule has 0 amide bonds. The van der Waals surface area contributed by atoms with Crippen LogP contribution in [0.25, 0.3) is 0 Å². The highest BCUT2D eigenvalue weighted by atomic mass is 32.2. The fraction of sp³-hybridized carbons (Fsp3) is 0.667. The SMILES string of the molecule is CN(CCS(C)(=O)=O)Cc1cccc(CNC(C)(C)C)n1. The van der Waals surface area contributed by atoms with Crippen molar-refractivity contribution in [1.82, 2.24) is 15.2 Å². The van der Waals surface area contributed by atoms with Gasteiger partial charge in [0.25, 0.3) is 0 Å². The third kappa shape index (κ3) is 8.80. The Morgan fingerprint density at radius 1 is 1.24 bits per heavy atom. The zero-order chi connectivity index (χ0) is 16.1. The van der Waals surface area contributed by atoms with Crippen LogP contribution in [0.4, 0.5) is 0 Å². The van der Waals surface area contributed by atoms with E-state index < -0.39 is 9.84 Å². The molecule has 120 valence electrons. The number of nitrogens with one attached hydrogen (secondary N) is 1. The van der Waals surface area contributed by atoms with E-state index in [2.05, 4.69) is 31.1 Å². The molecule has 1 N–H and O–H groups in total. The van der Waals surface area contributed by atoms with Gasteiger partial charge in [0.05, 0.1) is 17.1 Å². The van der Waals surface area contributed by atoms with Crippen molar-refractivity contribution in [2.75, 3.05) is 25.6 Å². The smallest absolute Gasteiger partial charge is 0.148 e. The second-order valence-electron chi connectivity index (χ2n) is 6.59. The summed E-state index contributed by atoms with van der Waals surface area (Å²) in [5.41, 5.74) is 2.02. The first kappa shape index (κ1) is 18.1. The highest BCUT2D eigenvalue weighted by molar-refractivity contribution is 7.90. The number of hydrogen-bond donors (Lipinski definition) is 1. The molecule has 0 unspecified atom stereocenters. The van der Waals surface area contributed by atoms with Gasteiger partial charge in [0.1, 0.15) is 9.84 Å². The fourth-order valence-electron chi connectivity index (χ4n) is 1.75. The second-order valence-corrected chi connectivity index (χ2v) is 8.85. The van der Waals surface area contributed by atoms with Crippen LogP contribution in [-0.4, -0.2) is 49.4 Å². The molecule has 1 heterocycles. The van der Waals surface area contributed by atoms with Gasteiger partial charge in [-0.15, -0.1) is 0 Å². The number of sulfone groups is 1. The number of hydrogen-bond acceptors (Lipinski definition) is 5. The van der Waals surface area contributed by atoms with E-state index in [-0.39, 0.29) is 11.3 Å². The van der Waals surface area contributed by atoms with Crippen molar-refractivity contribution in [1.29, 1.82) is 0 Å². The predicted octanol–water partition coefficient (Wildman–Crippen LogP) is 1.45. The molecule has 0 aliphatic carbocycles. The summed E-state index contributed by atoms with van der Waals surface area (Å²) < 4.78 is 22.3. The Labute approximate surface area is 128 Å². The summed E-state index contributed by atoms with van der Waals surface area (Å²) in [6.45, 7) is 8.26. The monoisotopic (exact) mass is 313 g/mol. The fourth-order valence-corrected chi connectivity index (χ4v) is 2.39. The van der Waals surface area contributed by atoms with Gasteiger partial charge in [0.15, 0.2) is 0 Å². The molecule has 6 heteroatoms. The third-order valence-corrected chi connectivity index (χ3v) is 3.86. The van der Waals surface area contributed by atoms with Crippen molar-refractivity contribution in [2.24, 2.45) is 0 Å². The minimum atomic E-state index is -2.92. The highest BCUT2D eigenvalue weighted by Gasteiger charge is 2.10. The van der Waals surface area contributed by atoms with Gasteiger partial charge in [0.2, 0.25) is 0 Å². The lowest BCUT2D eigenvalue weighted by Crippen LogP contribution is -2.35. The van der Waals surface area contributed by atoms with Gasteiger partial charge >= 0.3 is 0 Å². The number of rotatable bonds is 7. The van der Waals surface area contributed by atoms with Gasteiger partial charge in [-0.05, 0) is 40.0 Å². The van der Waals surface area contributed by atoms with E-state index in [0.717, 1.165) is 17.9 Å². The van der Waals surface area contributed by atoms with Crippen LogP contribution >= 0.6 is 0 Å². The van der Waals surface area contributed by atoms with Gasteiger partial charge in [-0.1, -0.05) is 6.07 Å². The lowest BCUT2D eigenvalue weighted by atomic mass is 10.1. The molecular formula is C15H27N3O2S. The summed E-state index contributed by atoms with van der Waals surface area (Å²) in [5.74, 6) is 0.175. The quantitative estimate of drug-likeness (QED) is 0.825. The van der Waals surface area contributed by atoms with Crippen LogP contribution in [0.2, 0.25) is 0 Å². The summed E-state index contributed by atoms with van der Waals surface area (Å²) in [6.07, 6.45) is 1.26. The Bertz CT molecular complexity index is 550. The minimum Gasteiger partial charge on any atom is -0.306 e. The van der Waals surface area contributed by atoms with Crippen molar-refractivity contribution in [3.05, 3.63) is 29.6 Å². The Morgan fingerprint density at radius 3 is 2.43 bits per heavy atom. The van der Waals surface area contributed by atoms with Crippen LogP contribution in [0.5, 0.6) is 0 Å². The van der Waals surface area contributed by atoms with Crippen molar-refractivity contribution in [3.63, 3.8) is 0 Å². The van der Waals surface area contributed by atoms with Gasteiger partial charge in [-0.2, -0.15) is 0 Å². The summed E-state index contributed by atoms with van der Waals surface area (Å²) >= 11 is 0. The van der Waals surface area contributed by atoms with Crippen molar-refractivity contribution >= 4 is 9.84 Å². The van der Waals surface area contributed by atoms with E-state index in [9.17, 15) is 8.42 Å². The molecule has 0 aliphatic rings. The number of nitrogens with zero attached hydrogens (tertiary/aromatic N) is 2. The molecule has 0 radical (unpaired) electrons. The standard InChI is InChI=1S/C15H27N3O2S/c1-15(2,3)16-11-13-7-6-8-14(17-13)12-18(4)9-10-21(5,19)20/h6-8,16H,9-12H2,1-5H3. The first-order valence-electron chi connectivity index (χ1n) is 7.11. The van der Waals surface area contributed by atoms with Gasteiger partial charge in [-0.3, -0.25) is 9.88 Å². The van der Waals surface area contributed by atoms with E-state index in [4.69, 9.17) is 0 Å². The van der Waals surface area contributed by atoms with Crippen LogP contribution in [0, 0.1) is 0 Å². The molecule has 0 atom stereocenters. The highest BCUT2D eigenvalue weighted by Crippen LogP contribution is 2.05. The molecule has 0 saturated carbocycles. The van der Waals surface area contributed by atoms with E-state index in [1.807, 2.05) is 30.1 Å². The van der Waals surface area contributed by atoms with Gasteiger partial charge in [0, 0.05) is 31.4 Å². The summed E-state index contributed by atoms with van der Waals surface area (Å²) in [6, 6.07) is 5.96.